The molecule has 0 spiro atoms. The Morgan fingerprint density at radius 3 is 2.97 bits per heavy atom. The maximum atomic E-state index is 5.97. The minimum absolute atomic E-state index is 0. The summed E-state index contributed by atoms with van der Waals surface area (Å²) in [5, 5.41) is 7.48. The van der Waals surface area contributed by atoms with Crippen molar-refractivity contribution in [3.63, 3.8) is 0 Å². The molecule has 1 unspecified atom stereocenters. The average molecular weight is 556 g/mol. The molecule has 31 heavy (non-hydrogen) atoms. The van der Waals surface area contributed by atoms with E-state index in [1.807, 2.05) is 30.3 Å². The molecular formula is C22H29IN4O3S. The molecule has 0 bridgehead atoms. The Kier molecular flexibility index (Phi) is 9.56. The number of nitrogens with one attached hydrogen (secondary N) is 2. The van der Waals surface area contributed by atoms with Gasteiger partial charge in [-0.05, 0) is 43.5 Å². The molecule has 3 heterocycles. The Hall–Kier alpha value is -1.69. The largest absolute Gasteiger partial charge is 0.457 e. The van der Waals surface area contributed by atoms with Crippen LogP contribution in [-0.2, 0) is 16.0 Å². The Labute approximate surface area is 203 Å². The first kappa shape index (κ1) is 24.0. The van der Waals surface area contributed by atoms with Gasteiger partial charge in [0.1, 0.15) is 5.76 Å². The summed E-state index contributed by atoms with van der Waals surface area (Å²) in [6, 6.07) is 12.1. The number of para-hydroxylation sites is 1. The van der Waals surface area contributed by atoms with Crippen molar-refractivity contribution in [3.05, 3.63) is 42.2 Å². The zero-order valence-electron chi connectivity index (χ0n) is 17.6. The highest BCUT2D eigenvalue weighted by Gasteiger charge is 2.15. The molecule has 1 aliphatic heterocycles. The van der Waals surface area contributed by atoms with Crippen LogP contribution in [0.5, 0.6) is 0 Å². The molecule has 0 amide bonds. The van der Waals surface area contributed by atoms with Gasteiger partial charge in [-0.15, -0.1) is 35.3 Å². The maximum Gasteiger partial charge on any atom is 0.191 e. The molecule has 168 valence electrons. The number of aliphatic imine (C=N–C) groups is 1. The number of hydrogen-bond donors (Lipinski definition) is 2. The lowest BCUT2D eigenvalue weighted by Gasteiger charge is -2.12. The minimum atomic E-state index is 0. The summed E-state index contributed by atoms with van der Waals surface area (Å²) in [6.45, 7) is 3.63. The number of benzene rings is 1. The van der Waals surface area contributed by atoms with Gasteiger partial charge in [0.2, 0.25) is 0 Å². The minimum Gasteiger partial charge on any atom is -0.457 e. The van der Waals surface area contributed by atoms with Crippen LogP contribution in [0.15, 0.2) is 45.8 Å². The molecular weight excluding hydrogens is 527 g/mol. The van der Waals surface area contributed by atoms with E-state index in [1.54, 1.807) is 18.4 Å². The van der Waals surface area contributed by atoms with Crippen molar-refractivity contribution in [1.29, 1.82) is 0 Å². The van der Waals surface area contributed by atoms with E-state index in [-0.39, 0.29) is 30.1 Å². The molecule has 9 heteroatoms. The summed E-state index contributed by atoms with van der Waals surface area (Å²) in [4.78, 5) is 8.91. The second-order valence-electron chi connectivity index (χ2n) is 7.17. The van der Waals surface area contributed by atoms with Crippen LogP contribution in [0.2, 0.25) is 0 Å². The zero-order chi connectivity index (χ0) is 20.6. The Bertz CT molecular complexity index is 935. The topological polar surface area (TPSA) is 80.9 Å². The number of fused-ring (bicyclic) bond motifs is 1. The molecule has 3 aromatic rings. The van der Waals surface area contributed by atoms with Crippen LogP contribution in [0.3, 0.4) is 0 Å². The van der Waals surface area contributed by atoms with E-state index in [1.165, 1.54) is 0 Å². The lowest BCUT2D eigenvalue weighted by Crippen LogP contribution is -2.37. The third-order valence-electron chi connectivity index (χ3n) is 4.91. The standard InChI is InChI=1S/C22H28N4O3S.HI/c1-23-22(24-11-5-12-27-15-17-6-4-13-28-17)25-14-16-9-10-19(29-16)21-26-18-7-2-3-8-20(18)30-21;/h2-3,7-10,17H,4-6,11-15H2,1H3,(H2,23,24,25);1H. The van der Waals surface area contributed by atoms with Gasteiger partial charge in [-0.1, -0.05) is 12.1 Å². The Morgan fingerprint density at radius 1 is 1.26 bits per heavy atom. The SMILES string of the molecule is CN=C(NCCCOCC1CCCO1)NCc1ccc(-c2nc3ccccc3s2)o1.I. The van der Waals surface area contributed by atoms with Gasteiger partial charge < -0.3 is 24.5 Å². The molecule has 1 aromatic carbocycles. The highest BCUT2D eigenvalue weighted by atomic mass is 127. The summed E-state index contributed by atoms with van der Waals surface area (Å²) < 4.78 is 18.4. The number of halogens is 1. The second kappa shape index (κ2) is 12.4. The van der Waals surface area contributed by atoms with Crippen molar-refractivity contribution >= 4 is 51.5 Å². The van der Waals surface area contributed by atoms with Crippen LogP contribution in [0.25, 0.3) is 21.0 Å². The highest BCUT2D eigenvalue weighted by Crippen LogP contribution is 2.31. The van der Waals surface area contributed by atoms with E-state index < -0.39 is 0 Å². The number of rotatable bonds is 9. The summed E-state index contributed by atoms with van der Waals surface area (Å²) >= 11 is 1.64. The first-order valence-corrected chi connectivity index (χ1v) is 11.2. The molecule has 0 saturated carbocycles. The lowest BCUT2D eigenvalue weighted by atomic mass is 10.2. The number of aromatic nitrogens is 1. The van der Waals surface area contributed by atoms with Gasteiger partial charge in [-0.2, -0.15) is 0 Å². The van der Waals surface area contributed by atoms with E-state index in [0.717, 1.165) is 65.1 Å². The van der Waals surface area contributed by atoms with Crippen molar-refractivity contribution in [2.75, 3.05) is 33.4 Å². The molecule has 1 saturated heterocycles. The van der Waals surface area contributed by atoms with Crippen LogP contribution >= 0.6 is 35.3 Å². The van der Waals surface area contributed by atoms with Gasteiger partial charge in [0.25, 0.3) is 0 Å². The molecule has 0 aliphatic carbocycles. The third-order valence-corrected chi connectivity index (χ3v) is 5.96. The quantitative estimate of drug-likeness (QED) is 0.176. The molecule has 1 aliphatic rings. The first-order valence-electron chi connectivity index (χ1n) is 10.4. The predicted octanol–water partition coefficient (Wildman–Crippen LogP) is 4.43. The lowest BCUT2D eigenvalue weighted by molar-refractivity contribution is 0.0168. The number of ether oxygens (including phenoxy) is 2. The van der Waals surface area contributed by atoms with Crippen LogP contribution in [0, 0.1) is 0 Å². The van der Waals surface area contributed by atoms with Crippen molar-refractivity contribution in [2.24, 2.45) is 4.99 Å². The summed E-state index contributed by atoms with van der Waals surface area (Å²) in [6.07, 6.45) is 3.46. The van der Waals surface area contributed by atoms with Gasteiger partial charge in [0.05, 0.1) is 29.5 Å². The fourth-order valence-electron chi connectivity index (χ4n) is 3.33. The number of thiazole rings is 1. The fraction of sp³-hybridized carbons (Fsp3) is 0.455. The van der Waals surface area contributed by atoms with Crippen molar-refractivity contribution in [1.82, 2.24) is 15.6 Å². The van der Waals surface area contributed by atoms with E-state index in [9.17, 15) is 0 Å². The molecule has 2 aromatic heterocycles. The number of nitrogens with zero attached hydrogens (tertiary/aromatic N) is 2. The zero-order valence-corrected chi connectivity index (χ0v) is 20.8. The normalized spacial score (nSPS) is 16.4. The van der Waals surface area contributed by atoms with E-state index in [0.29, 0.717) is 19.8 Å². The average Bonchev–Trinajstić information content (AvgIpc) is 3.52. The van der Waals surface area contributed by atoms with Crippen LogP contribution < -0.4 is 10.6 Å². The molecule has 7 nitrogen and oxygen atoms in total. The van der Waals surface area contributed by atoms with Crippen molar-refractivity contribution < 1.29 is 13.9 Å². The number of guanidine groups is 1. The number of furan rings is 1. The van der Waals surface area contributed by atoms with Gasteiger partial charge in [-0.25, -0.2) is 4.98 Å². The van der Waals surface area contributed by atoms with Crippen LogP contribution in [0.4, 0.5) is 0 Å². The van der Waals surface area contributed by atoms with Crippen molar-refractivity contribution in [2.45, 2.75) is 31.9 Å². The Morgan fingerprint density at radius 2 is 2.16 bits per heavy atom. The van der Waals surface area contributed by atoms with E-state index in [4.69, 9.17) is 13.9 Å². The summed E-state index contributed by atoms with van der Waals surface area (Å²) in [7, 11) is 1.76. The fourth-order valence-corrected chi connectivity index (χ4v) is 4.26. The second-order valence-corrected chi connectivity index (χ2v) is 8.20. The molecule has 2 N–H and O–H groups in total. The summed E-state index contributed by atoms with van der Waals surface area (Å²) in [5.41, 5.74) is 0.998. The molecule has 0 radical (unpaired) electrons. The third kappa shape index (κ3) is 6.90. The van der Waals surface area contributed by atoms with Gasteiger partial charge in [-0.3, -0.25) is 4.99 Å². The predicted molar refractivity (Wildman–Crippen MR) is 135 cm³/mol. The Balaban J connectivity index is 0.00000272. The van der Waals surface area contributed by atoms with E-state index >= 15 is 0 Å². The van der Waals surface area contributed by atoms with Gasteiger partial charge in [0, 0.05) is 26.8 Å². The maximum absolute atomic E-state index is 5.97. The van der Waals surface area contributed by atoms with E-state index in [2.05, 4.69) is 26.7 Å². The van der Waals surface area contributed by atoms with Crippen molar-refractivity contribution in [3.8, 4) is 10.8 Å². The number of hydrogen-bond acceptors (Lipinski definition) is 6. The first-order chi connectivity index (χ1) is 14.8. The monoisotopic (exact) mass is 556 g/mol. The smallest absolute Gasteiger partial charge is 0.191 e. The van der Waals surface area contributed by atoms with Crippen LogP contribution in [-0.4, -0.2) is 50.5 Å². The molecule has 1 fully saturated rings. The van der Waals surface area contributed by atoms with Gasteiger partial charge in [0.15, 0.2) is 16.7 Å². The van der Waals surface area contributed by atoms with Crippen LogP contribution in [0.1, 0.15) is 25.0 Å². The molecule has 4 rings (SSSR count). The molecule has 1 atom stereocenters. The van der Waals surface area contributed by atoms with Gasteiger partial charge >= 0.3 is 0 Å². The highest BCUT2D eigenvalue weighted by molar-refractivity contribution is 14.0. The summed E-state index contributed by atoms with van der Waals surface area (Å²) in [5.74, 6) is 2.37.